The van der Waals surface area contributed by atoms with Gasteiger partial charge in [-0.3, -0.25) is 9.78 Å². The summed E-state index contributed by atoms with van der Waals surface area (Å²) in [6.07, 6.45) is 3.81. The van der Waals surface area contributed by atoms with Crippen LogP contribution in [0.3, 0.4) is 0 Å². The molecule has 0 aliphatic rings. The first-order valence-electron chi connectivity index (χ1n) is 8.03. The number of ketones is 1. The summed E-state index contributed by atoms with van der Waals surface area (Å²) in [6, 6.07) is 11.4. The Morgan fingerprint density at radius 1 is 1.16 bits per heavy atom. The Hall–Kier alpha value is -3.02. The predicted molar refractivity (Wildman–Crippen MR) is 92.3 cm³/mol. The monoisotopic (exact) mass is 337 g/mol. The molecule has 0 N–H and O–H groups in total. The minimum absolute atomic E-state index is 0.0667. The third-order valence-electron chi connectivity index (χ3n) is 4.01. The molecule has 0 aliphatic carbocycles. The number of hydrogen-bond donors (Lipinski definition) is 0. The number of carbonyl (C=O) groups is 1. The maximum absolute atomic E-state index is 12.3. The number of Topliss-reactive ketones (excluding diaryl/α,β-unsaturated/α-hetero) is 1. The van der Waals surface area contributed by atoms with E-state index in [1.165, 1.54) is 6.39 Å². The van der Waals surface area contributed by atoms with Crippen LogP contribution in [0.25, 0.3) is 11.4 Å². The zero-order chi connectivity index (χ0) is 17.6. The number of aromatic nitrogens is 3. The highest BCUT2D eigenvalue weighted by Gasteiger charge is 2.13. The Bertz CT molecular complexity index is 812. The lowest BCUT2D eigenvalue weighted by Gasteiger charge is -2.11. The Morgan fingerprint density at radius 3 is 2.56 bits per heavy atom. The standard InChI is InChI=1S/C19H19N3O3/c1-13(18-8-7-17(24-2)11-20-18)9-16(23)10-14-3-5-15(6-4-14)19-21-12-25-22-19/h3-8,11-13H,9-10H2,1-2H3/t13-/m0/s1. The van der Waals surface area contributed by atoms with E-state index in [2.05, 4.69) is 15.1 Å². The van der Waals surface area contributed by atoms with E-state index in [1.54, 1.807) is 13.3 Å². The van der Waals surface area contributed by atoms with Gasteiger partial charge in [0.1, 0.15) is 11.5 Å². The van der Waals surface area contributed by atoms with Crippen LogP contribution in [0.4, 0.5) is 0 Å². The van der Waals surface area contributed by atoms with Crippen LogP contribution in [0.2, 0.25) is 0 Å². The molecule has 3 rings (SSSR count). The van der Waals surface area contributed by atoms with Crippen molar-refractivity contribution in [2.45, 2.75) is 25.7 Å². The molecule has 1 atom stereocenters. The van der Waals surface area contributed by atoms with Gasteiger partial charge in [0.15, 0.2) is 0 Å². The average molecular weight is 337 g/mol. The third-order valence-corrected chi connectivity index (χ3v) is 4.01. The quantitative estimate of drug-likeness (QED) is 0.657. The molecule has 6 nitrogen and oxygen atoms in total. The van der Waals surface area contributed by atoms with Gasteiger partial charge in [0.05, 0.1) is 13.3 Å². The number of rotatable bonds is 7. The number of carbonyl (C=O) groups excluding carboxylic acids is 1. The smallest absolute Gasteiger partial charge is 0.214 e. The summed E-state index contributed by atoms with van der Waals surface area (Å²) in [5.41, 5.74) is 2.72. The van der Waals surface area contributed by atoms with Crippen LogP contribution in [0.5, 0.6) is 5.75 Å². The Balaban J connectivity index is 1.58. The summed E-state index contributed by atoms with van der Waals surface area (Å²) in [6.45, 7) is 2.01. The van der Waals surface area contributed by atoms with Crippen molar-refractivity contribution >= 4 is 5.78 Å². The highest BCUT2D eigenvalue weighted by atomic mass is 16.5. The summed E-state index contributed by atoms with van der Waals surface area (Å²) in [4.78, 5) is 20.7. The van der Waals surface area contributed by atoms with E-state index in [4.69, 9.17) is 9.26 Å². The van der Waals surface area contributed by atoms with Crippen molar-refractivity contribution in [1.82, 2.24) is 15.1 Å². The normalized spacial score (nSPS) is 11.9. The van der Waals surface area contributed by atoms with Crippen LogP contribution in [-0.4, -0.2) is 28.0 Å². The lowest BCUT2D eigenvalue weighted by molar-refractivity contribution is -0.118. The molecule has 3 aromatic rings. The van der Waals surface area contributed by atoms with Gasteiger partial charge in [-0.2, -0.15) is 4.98 Å². The van der Waals surface area contributed by atoms with Gasteiger partial charge in [-0.05, 0) is 17.7 Å². The van der Waals surface area contributed by atoms with Crippen molar-refractivity contribution in [2.24, 2.45) is 0 Å². The van der Waals surface area contributed by atoms with Gasteiger partial charge in [-0.1, -0.05) is 36.3 Å². The Morgan fingerprint density at radius 2 is 1.96 bits per heavy atom. The molecule has 1 aromatic carbocycles. The first-order valence-corrected chi connectivity index (χ1v) is 8.03. The van der Waals surface area contributed by atoms with Crippen molar-refractivity contribution in [3.8, 4) is 17.1 Å². The molecule has 0 saturated carbocycles. The number of nitrogens with zero attached hydrogens (tertiary/aromatic N) is 3. The fourth-order valence-corrected chi connectivity index (χ4v) is 2.62. The molecule has 0 spiro atoms. The van der Waals surface area contributed by atoms with Crippen molar-refractivity contribution in [2.75, 3.05) is 7.11 Å². The van der Waals surface area contributed by atoms with E-state index in [-0.39, 0.29) is 11.7 Å². The lowest BCUT2D eigenvalue weighted by Crippen LogP contribution is -2.08. The van der Waals surface area contributed by atoms with Gasteiger partial charge in [0.2, 0.25) is 12.2 Å². The highest BCUT2D eigenvalue weighted by molar-refractivity contribution is 5.81. The summed E-state index contributed by atoms with van der Waals surface area (Å²) in [7, 11) is 1.60. The SMILES string of the molecule is COc1ccc([C@@H](C)CC(=O)Cc2ccc(-c3ncon3)cc2)nc1. The molecule has 0 unspecified atom stereocenters. The number of ether oxygens (including phenoxy) is 1. The summed E-state index contributed by atoms with van der Waals surface area (Å²) < 4.78 is 9.84. The fourth-order valence-electron chi connectivity index (χ4n) is 2.62. The zero-order valence-corrected chi connectivity index (χ0v) is 14.2. The molecule has 0 radical (unpaired) electrons. The van der Waals surface area contributed by atoms with Gasteiger partial charge in [0, 0.05) is 30.0 Å². The third kappa shape index (κ3) is 4.29. The maximum atomic E-state index is 12.3. The number of pyridine rings is 1. The van der Waals surface area contributed by atoms with Crippen molar-refractivity contribution < 1.29 is 14.1 Å². The number of benzene rings is 1. The Labute approximate surface area is 145 Å². The second kappa shape index (κ2) is 7.70. The summed E-state index contributed by atoms with van der Waals surface area (Å²) >= 11 is 0. The molecule has 2 aromatic heterocycles. The molecular formula is C19H19N3O3. The number of hydrogen-bond acceptors (Lipinski definition) is 6. The largest absolute Gasteiger partial charge is 0.495 e. The maximum Gasteiger partial charge on any atom is 0.214 e. The predicted octanol–water partition coefficient (Wildman–Crippen LogP) is 3.45. The van der Waals surface area contributed by atoms with E-state index in [0.717, 1.165) is 16.8 Å². The number of methoxy groups -OCH3 is 1. The van der Waals surface area contributed by atoms with E-state index in [9.17, 15) is 4.79 Å². The Kier molecular flexibility index (Phi) is 5.18. The van der Waals surface area contributed by atoms with Crippen LogP contribution < -0.4 is 4.74 Å². The lowest BCUT2D eigenvalue weighted by atomic mass is 9.96. The molecule has 0 saturated heterocycles. The van der Waals surface area contributed by atoms with Gasteiger partial charge >= 0.3 is 0 Å². The molecule has 0 fully saturated rings. The summed E-state index contributed by atoms with van der Waals surface area (Å²) in [5, 5.41) is 3.79. The van der Waals surface area contributed by atoms with Crippen LogP contribution >= 0.6 is 0 Å². The van der Waals surface area contributed by atoms with E-state index < -0.39 is 0 Å². The van der Waals surface area contributed by atoms with Crippen LogP contribution in [0.1, 0.15) is 30.5 Å². The topological polar surface area (TPSA) is 78.1 Å². The van der Waals surface area contributed by atoms with E-state index >= 15 is 0 Å². The molecule has 25 heavy (non-hydrogen) atoms. The van der Waals surface area contributed by atoms with E-state index in [1.807, 2.05) is 43.3 Å². The molecule has 0 amide bonds. The van der Waals surface area contributed by atoms with Crippen molar-refractivity contribution in [3.63, 3.8) is 0 Å². The molecule has 2 heterocycles. The summed E-state index contributed by atoms with van der Waals surface area (Å²) in [5.74, 6) is 1.50. The zero-order valence-electron chi connectivity index (χ0n) is 14.2. The van der Waals surface area contributed by atoms with Crippen molar-refractivity contribution in [1.29, 1.82) is 0 Å². The van der Waals surface area contributed by atoms with Crippen LogP contribution in [0, 0.1) is 0 Å². The van der Waals surface area contributed by atoms with E-state index in [0.29, 0.717) is 24.4 Å². The van der Waals surface area contributed by atoms with Gasteiger partial charge < -0.3 is 9.26 Å². The highest BCUT2D eigenvalue weighted by Crippen LogP contribution is 2.21. The molecule has 0 bridgehead atoms. The van der Waals surface area contributed by atoms with Gasteiger partial charge in [0.25, 0.3) is 0 Å². The molecular weight excluding hydrogens is 318 g/mol. The van der Waals surface area contributed by atoms with Crippen LogP contribution in [-0.2, 0) is 11.2 Å². The van der Waals surface area contributed by atoms with Crippen molar-refractivity contribution in [3.05, 3.63) is 60.2 Å². The minimum atomic E-state index is 0.0667. The van der Waals surface area contributed by atoms with Gasteiger partial charge in [-0.25, -0.2) is 0 Å². The minimum Gasteiger partial charge on any atom is -0.495 e. The first kappa shape index (κ1) is 16.8. The van der Waals surface area contributed by atoms with Gasteiger partial charge in [-0.15, -0.1) is 0 Å². The molecule has 128 valence electrons. The fraction of sp³-hybridized carbons (Fsp3) is 0.263. The molecule has 0 aliphatic heterocycles. The van der Waals surface area contributed by atoms with Crippen LogP contribution in [0.15, 0.2) is 53.5 Å². The average Bonchev–Trinajstić information content (AvgIpc) is 3.17. The first-order chi connectivity index (χ1) is 12.2. The second-order valence-electron chi connectivity index (χ2n) is 5.90. The second-order valence-corrected chi connectivity index (χ2v) is 5.90. The molecule has 6 heteroatoms.